The van der Waals surface area contributed by atoms with Crippen molar-refractivity contribution in [2.24, 2.45) is 0 Å². The second-order valence-electron chi connectivity index (χ2n) is 8.29. The number of fused-ring (bicyclic) bond motifs is 1. The molecule has 0 amide bonds. The highest BCUT2D eigenvalue weighted by molar-refractivity contribution is 7.10. The Kier molecular flexibility index (Phi) is 11.5. The summed E-state index contributed by atoms with van der Waals surface area (Å²) in [5.74, 6) is -5.51. The summed E-state index contributed by atoms with van der Waals surface area (Å²) in [5, 5.41) is 16.4. The molecule has 1 aliphatic heterocycles. The molecule has 1 aliphatic carbocycles. The third-order valence-corrected chi connectivity index (χ3v) is 6.64. The van der Waals surface area contributed by atoms with Gasteiger partial charge in [0.1, 0.15) is 0 Å². The van der Waals surface area contributed by atoms with E-state index in [1.807, 2.05) is 23.6 Å². The van der Waals surface area contributed by atoms with Crippen LogP contribution < -0.4 is 0 Å². The number of morpholine rings is 1. The van der Waals surface area contributed by atoms with Crippen molar-refractivity contribution in [3.63, 3.8) is 0 Å². The molecule has 0 unspecified atom stereocenters. The summed E-state index contributed by atoms with van der Waals surface area (Å²) in [7, 11) is 0. The number of alkyl halides is 6. The van der Waals surface area contributed by atoms with Crippen LogP contribution in [0.3, 0.4) is 0 Å². The highest BCUT2D eigenvalue weighted by atomic mass is 32.1. The lowest BCUT2D eigenvalue weighted by Gasteiger charge is -2.39. The molecule has 0 aromatic carbocycles. The zero-order valence-corrected chi connectivity index (χ0v) is 20.9. The molecule has 38 heavy (non-hydrogen) atoms. The van der Waals surface area contributed by atoms with Crippen LogP contribution in [-0.4, -0.2) is 75.8 Å². The SMILES string of the molecule is Cc1ccsc1CN1CCO[C@H]2[C@H](OCc3cccnc3)CC[C@@H]21.O=C(O)C(F)(F)F.O=C(O)C(F)(F)F. The van der Waals surface area contributed by atoms with Crippen molar-refractivity contribution in [2.75, 3.05) is 13.2 Å². The van der Waals surface area contributed by atoms with Crippen LogP contribution in [0, 0.1) is 6.92 Å². The Labute approximate surface area is 217 Å². The van der Waals surface area contributed by atoms with E-state index in [0.717, 1.165) is 38.1 Å². The number of pyridine rings is 1. The average molecular weight is 573 g/mol. The van der Waals surface area contributed by atoms with Gasteiger partial charge in [-0.3, -0.25) is 9.88 Å². The van der Waals surface area contributed by atoms with Gasteiger partial charge in [-0.05, 0) is 48.4 Å². The molecule has 0 radical (unpaired) electrons. The molecular formula is C23H26F6N2O6S. The molecular weight excluding hydrogens is 546 g/mol. The average Bonchev–Trinajstić information content (AvgIpc) is 3.44. The number of aromatic nitrogens is 1. The molecule has 1 saturated heterocycles. The third-order valence-electron chi connectivity index (χ3n) is 5.64. The van der Waals surface area contributed by atoms with Gasteiger partial charge in [0.15, 0.2) is 0 Å². The van der Waals surface area contributed by atoms with Crippen molar-refractivity contribution in [1.82, 2.24) is 9.88 Å². The summed E-state index contributed by atoms with van der Waals surface area (Å²) in [6.07, 6.45) is -3.86. The molecule has 0 bridgehead atoms. The van der Waals surface area contributed by atoms with Crippen molar-refractivity contribution in [2.45, 2.75) is 63.5 Å². The predicted octanol–water partition coefficient (Wildman–Crippen LogP) is 4.67. The first-order chi connectivity index (χ1) is 17.7. The maximum atomic E-state index is 10.6. The van der Waals surface area contributed by atoms with Crippen LogP contribution >= 0.6 is 11.3 Å². The fourth-order valence-corrected chi connectivity index (χ4v) is 4.73. The molecule has 3 heterocycles. The normalized spacial score (nSPS) is 21.4. The summed E-state index contributed by atoms with van der Waals surface area (Å²) in [4.78, 5) is 26.0. The van der Waals surface area contributed by atoms with E-state index in [1.165, 1.54) is 10.4 Å². The predicted molar refractivity (Wildman–Crippen MR) is 122 cm³/mol. The van der Waals surface area contributed by atoms with Gasteiger partial charge in [0.05, 0.1) is 25.4 Å². The number of ether oxygens (including phenoxy) is 2. The fourth-order valence-electron chi connectivity index (χ4n) is 3.80. The van der Waals surface area contributed by atoms with E-state index in [9.17, 15) is 26.3 Å². The van der Waals surface area contributed by atoms with Crippen molar-refractivity contribution in [3.8, 4) is 0 Å². The van der Waals surface area contributed by atoms with E-state index in [1.54, 1.807) is 6.20 Å². The lowest BCUT2D eigenvalue weighted by atomic mass is 10.1. The maximum Gasteiger partial charge on any atom is 0.490 e. The third kappa shape index (κ3) is 9.85. The van der Waals surface area contributed by atoms with Gasteiger partial charge in [-0.25, -0.2) is 9.59 Å². The van der Waals surface area contributed by atoms with E-state index in [2.05, 4.69) is 34.3 Å². The maximum absolute atomic E-state index is 10.6. The van der Waals surface area contributed by atoms with Gasteiger partial charge in [-0.2, -0.15) is 26.3 Å². The Morgan fingerprint density at radius 1 is 1.13 bits per heavy atom. The van der Waals surface area contributed by atoms with E-state index < -0.39 is 24.3 Å². The number of aliphatic carboxylic acids is 2. The molecule has 2 fully saturated rings. The summed E-state index contributed by atoms with van der Waals surface area (Å²) in [6, 6.07) is 6.72. The van der Waals surface area contributed by atoms with Crippen LogP contribution in [0.15, 0.2) is 36.0 Å². The second-order valence-corrected chi connectivity index (χ2v) is 9.29. The molecule has 0 spiro atoms. The summed E-state index contributed by atoms with van der Waals surface area (Å²) >= 11 is 1.87. The zero-order valence-electron chi connectivity index (χ0n) is 20.0. The van der Waals surface area contributed by atoms with Crippen molar-refractivity contribution < 1.29 is 55.6 Å². The quantitative estimate of drug-likeness (QED) is 0.498. The van der Waals surface area contributed by atoms with Crippen LogP contribution in [0.1, 0.15) is 28.8 Å². The topological polar surface area (TPSA) is 109 Å². The molecule has 2 aromatic heterocycles. The van der Waals surface area contributed by atoms with Crippen LogP contribution in [0.4, 0.5) is 26.3 Å². The van der Waals surface area contributed by atoms with Gasteiger partial charge >= 0.3 is 24.3 Å². The number of rotatable bonds is 5. The Bertz CT molecular complexity index is 1010. The van der Waals surface area contributed by atoms with Crippen molar-refractivity contribution in [1.29, 1.82) is 0 Å². The van der Waals surface area contributed by atoms with Crippen LogP contribution in [-0.2, 0) is 32.2 Å². The number of carboxylic acids is 2. The molecule has 212 valence electrons. The smallest absolute Gasteiger partial charge is 0.475 e. The number of hydrogen-bond acceptors (Lipinski definition) is 7. The van der Waals surface area contributed by atoms with Crippen LogP contribution in [0.5, 0.6) is 0 Å². The first-order valence-corrected chi connectivity index (χ1v) is 12.1. The Morgan fingerprint density at radius 3 is 2.26 bits per heavy atom. The minimum absolute atomic E-state index is 0.197. The van der Waals surface area contributed by atoms with Crippen molar-refractivity contribution in [3.05, 3.63) is 52.0 Å². The van der Waals surface area contributed by atoms with Gasteiger partial charge in [-0.1, -0.05) is 6.07 Å². The molecule has 8 nitrogen and oxygen atoms in total. The number of carboxylic acid groups (broad SMARTS) is 2. The highest BCUT2D eigenvalue weighted by Crippen LogP contribution is 2.34. The second kappa shape index (κ2) is 13.9. The van der Waals surface area contributed by atoms with Gasteiger partial charge < -0.3 is 19.7 Å². The highest BCUT2D eigenvalue weighted by Gasteiger charge is 2.43. The minimum atomic E-state index is -5.08. The van der Waals surface area contributed by atoms with Gasteiger partial charge in [0, 0.05) is 36.4 Å². The van der Waals surface area contributed by atoms with E-state index >= 15 is 0 Å². The number of thiophene rings is 1. The van der Waals surface area contributed by atoms with Crippen LogP contribution in [0.25, 0.3) is 0 Å². The van der Waals surface area contributed by atoms with E-state index in [0.29, 0.717) is 12.6 Å². The Balaban J connectivity index is 0.000000301. The van der Waals surface area contributed by atoms with E-state index in [-0.39, 0.29) is 12.2 Å². The first kappa shape index (κ1) is 31.5. The number of halogens is 6. The van der Waals surface area contributed by atoms with Crippen molar-refractivity contribution >= 4 is 23.3 Å². The largest absolute Gasteiger partial charge is 0.490 e. The molecule has 1 saturated carbocycles. The van der Waals surface area contributed by atoms with Gasteiger partial charge in [0.2, 0.25) is 0 Å². The van der Waals surface area contributed by atoms with Gasteiger partial charge in [-0.15, -0.1) is 11.3 Å². The summed E-state index contributed by atoms with van der Waals surface area (Å²) < 4.78 is 75.8. The lowest BCUT2D eigenvalue weighted by Crippen LogP contribution is -2.51. The summed E-state index contributed by atoms with van der Waals surface area (Å²) in [6.45, 7) is 5.70. The molecule has 2 aromatic rings. The minimum Gasteiger partial charge on any atom is -0.475 e. The monoisotopic (exact) mass is 572 g/mol. The van der Waals surface area contributed by atoms with E-state index in [4.69, 9.17) is 29.3 Å². The Hall–Kier alpha value is -2.75. The number of aryl methyl sites for hydroxylation is 1. The zero-order chi connectivity index (χ0) is 28.5. The van der Waals surface area contributed by atoms with Gasteiger partial charge in [0.25, 0.3) is 0 Å². The Morgan fingerprint density at radius 2 is 1.76 bits per heavy atom. The van der Waals surface area contributed by atoms with Crippen LogP contribution in [0.2, 0.25) is 0 Å². The number of nitrogens with zero attached hydrogens (tertiary/aromatic N) is 2. The fraction of sp³-hybridized carbons (Fsp3) is 0.522. The lowest BCUT2D eigenvalue weighted by molar-refractivity contribution is -0.193. The number of hydrogen-bond donors (Lipinski definition) is 2. The molecule has 4 rings (SSSR count). The molecule has 2 aliphatic rings. The molecule has 3 atom stereocenters. The summed E-state index contributed by atoms with van der Waals surface area (Å²) in [5.41, 5.74) is 2.54. The molecule has 15 heteroatoms. The molecule has 2 N–H and O–H groups in total. The number of carbonyl (C=O) groups is 2. The standard InChI is InChI=1S/C19H24N2O2S.2C2HF3O2/c1-14-6-10-24-18(14)12-21-8-9-22-19-16(21)4-5-17(19)23-13-15-3-2-7-20-11-15;2*3-2(4,5)1(6)7/h2-3,6-7,10-11,16-17,19H,4-5,8-9,12-13H2,1H3;2*(H,6,7)/t16-,17+,19+;;/m0../s1. The first-order valence-electron chi connectivity index (χ1n) is 11.2.